The molecule has 9 nitrogen and oxygen atoms in total. The number of fused-ring (bicyclic) bond motifs is 1. The van der Waals surface area contributed by atoms with Gasteiger partial charge in [0.2, 0.25) is 5.88 Å². The number of rotatable bonds is 6. The molecule has 9 heteroatoms. The third-order valence-corrected chi connectivity index (χ3v) is 4.26. The first-order valence-electron chi connectivity index (χ1n) is 9.51. The average molecular weight is 422 g/mol. The summed E-state index contributed by atoms with van der Waals surface area (Å²) in [6.45, 7) is 5.09. The van der Waals surface area contributed by atoms with Gasteiger partial charge in [-0.2, -0.15) is 5.26 Å². The molecule has 160 valence electrons. The van der Waals surface area contributed by atoms with Gasteiger partial charge in [-0.15, -0.1) is 0 Å². The minimum absolute atomic E-state index is 0.0328. The summed E-state index contributed by atoms with van der Waals surface area (Å²) in [6.07, 6.45) is 2.44. The smallest absolute Gasteiger partial charge is 0.408 e. The summed E-state index contributed by atoms with van der Waals surface area (Å²) in [5, 5.41) is 21.9. The Morgan fingerprint density at radius 1 is 1.32 bits per heavy atom. The number of hydrogen-bond acceptors (Lipinski definition) is 6. The number of amides is 1. The lowest BCUT2D eigenvalue weighted by molar-refractivity contribution is -0.139. The van der Waals surface area contributed by atoms with Crippen LogP contribution in [0.1, 0.15) is 31.9 Å². The Morgan fingerprint density at radius 3 is 2.77 bits per heavy atom. The van der Waals surface area contributed by atoms with Gasteiger partial charge >= 0.3 is 12.1 Å². The highest BCUT2D eigenvalue weighted by Gasteiger charge is 2.25. The first kappa shape index (κ1) is 21.6. The minimum Gasteiger partial charge on any atom is -0.480 e. The van der Waals surface area contributed by atoms with Crippen LogP contribution in [0, 0.1) is 11.3 Å². The Bertz CT molecular complexity index is 1160. The Labute approximate surface area is 178 Å². The molecule has 0 aliphatic carbocycles. The van der Waals surface area contributed by atoms with Crippen LogP contribution in [0.4, 0.5) is 4.79 Å². The van der Waals surface area contributed by atoms with E-state index in [-0.39, 0.29) is 12.3 Å². The van der Waals surface area contributed by atoms with Crippen molar-refractivity contribution in [2.24, 2.45) is 0 Å². The van der Waals surface area contributed by atoms with E-state index in [1.165, 1.54) is 6.20 Å². The first-order valence-corrected chi connectivity index (χ1v) is 9.51. The number of aromatic nitrogens is 2. The van der Waals surface area contributed by atoms with Crippen molar-refractivity contribution in [3.63, 3.8) is 0 Å². The van der Waals surface area contributed by atoms with E-state index in [1.54, 1.807) is 57.3 Å². The molecule has 1 unspecified atom stereocenters. The van der Waals surface area contributed by atoms with Crippen LogP contribution in [0.15, 0.2) is 42.7 Å². The molecule has 1 atom stereocenters. The molecule has 1 aromatic carbocycles. The van der Waals surface area contributed by atoms with Crippen molar-refractivity contribution < 1.29 is 24.2 Å². The number of carboxylic acid groups (broad SMARTS) is 1. The van der Waals surface area contributed by atoms with Crippen LogP contribution in [0.3, 0.4) is 0 Å². The lowest BCUT2D eigenvalue weighted by Crippen LogP contribution is -2.44. The maximum Gasteiger partial charge on any atom is 0.408 e. The minimum atomic E-state index is -1.18. The Balaban J connectivity index is 1.83. The third kappa shape index (κ3) is 5.51. The van der Waals surface area contributed by atoms with Gasteiger partial charge in [0.15, 0.2) is 0 Å². The normalized spacial score (nSPS) is 12.1. The molecule has 3 aromatic rings. The molecular formula is C22H22N4O5. The Morgan fingerprint density at radius 2 is 2.10 bits per heavy atom. The molecule has 2 heterocycles. The number of aromatic amines is 1. The van der Waals surface area contributed by atoms with Crippen LogP contribution in [0.5, 0.6) is 11.6 Å². The van der Waals surface area contributed by atoms with Crippen molar-refractivity contribution in [2.45, 2.75) is 38.8 Å². The third-order valence-electron chi connectivity index (χ3n) is 4.26. The fraction of sp³-hybridized carbons (Fsp3) is 0.273. The van der Waals surface area contributed by atoms with Gasteiger partial charge in [0.1, 0.15) is 29.0 Å². The van der Waals surface area contributed by atoms with Crippen LogP contribution in [0.25, 0.3) is 10.9 Å². The van der Waals surface area contributed by atoms with Gasteiger partial charge in [-0.05, 0) is 56.7 Å². The highest BCUT2D eigenvalue weighted by atomic mass is 16.6. The van der Waals surface area contributed by atoms with Gasteiger partial charge in [0.25, 0.3) is 0 Å². The number of benzene rings is 1. The second-order valence-corrected chi connectivity index (χ2v) is 7.83. The summed E-state index contributed by atoms with van der Waals surface area (Å²) in [5.74, 6) is -0.563. The van der Waals surface area contributed by atoms with Crippen LogP contribution in [-0.2, 0) is 16.0 Å². The van der Waals surface area contributed by atoms with Crippen LogP contribution >= 0.6 is 0 Å². The van der Waals surface area contributed by atoms with Gasteiger partial charge < -0.3 is 24.9 Å². The van der Waals surface area contributed by atoms with Crippen molar-refractivity contribution in [3.05, 3.63) is 53.9 Å². The van der Waals surface area contributed by atoms with E-state index < -0.39 is 23.7 Å². The number of carboxylic acids is 1. The number of nitrogens with one attached hydrogen (secondary N) is 2. The number of pyridine rings is 1. The van der Waals surface area contributed by atoms with E-state index in [9.17, 15) is 20.0 Å². The Kier molecular flexibility index (Phi) is 6.11. The molecule has 0 aliphatic heterocycles. The summed E-state index contributed by atoms with van der Waals surface area (Å²) in [4.78, 5) is 30.9. The van der Waals surface area contributed by atoms with Crippen molar-refractivity contribution in [1.29, 1.82) is 5.26 Å². The van der Waals surface area contributed by atoms with Gasteiger partial charge in [-0.25, -0.2) is 14.6 Å². The molecule has 0 spiro atoms. The Hall–Kier alpha value is -4.06. The van der Waals surface area contributed by atoms with Crippen LogP contribution in [-0.4, -0.2) is 38.8 Å². The molecule has 3 rings (SSSR count). The predicted molar refractivity (Wildman–Crippen MR) is 112 cm³/mol. The molecule has 0 saturated heterocycles. The fourth-order valence-electron chi connectivity index (χ4n) is 2.93. The van der Waals surface area contributed by atoms with Gasteiger partial charge in [0, 0.05) is 29.7 Å². The quantitative estimate of drug-likeness (QED) is 0.550. The molecule has 1 amide bonds. The molecule has 0 saturated carbocycles. The van der Waals surface area contributed by atoms with E-state index in [2.05, 4.69) is 15.3 Å². The summed E-state index contributed by atoms with van der Waals surface area (Å²) < 4.78 is 10.9. The largest absolute Gasteiger partial charge is 0.480 e. The summed E-state index contributed by atoms with van der Waals surface area (Å²) in [6, 6.07) is 9.30. The number of ether oxygens (including phenoxy) is 2. The summed E-state index contributed by atoms with van der Waals surface area (Å²) >= 11 is 0. The number of carbonyl (C=O) groups is 2. The maximum absolute atomic E-state index is 12.0. The zero-order chi connectivity index (χ0) is 22.6. The molecule has 0 aliphatic rings. The number of carbonyl (C=O) groups excluding carboxylic acids is 1. The second kappa shape index (κ2) is 8.75. The van der Waals surface area contributed by atoms with Crippen LogP contribution in [0.2, 0.25) is 0 Å². The van der Waals surface area contributed by atoms with E-state index in [1.807, 2.05) is 6.07 Å². The molecule has 2 aromatic heterocycles. The van der Waals surface area contributed by atoms with Gasteiger partial charge in [0.05, 0.1) is 0 Å². The van der Waals surface area contributed by atoms with E-state index in [0.717, 1.165) is 10.9 Å². The molecule has 0 radical (unpaired) electrons. The van der Waals surface area contributed by atoms with E-state index >= 15 is 0 Å². The zero-order valence-electron chi connectivity index (χ0n) is 17.3. The number of aliphatic carboxylic acids is 1. The van der Waals surface area contributed by atoms with Crippen molar-refractivity contribution in [1.82, 2.24) is 15.3 Å². The van der Waals surface area contributed by atoms with E-state index in [4.69, 9.17) is 9.47 Å². The number of hydrogen-bond donors (Lipinski definition) is 3. The molecule has 31 heavy (non-hydrogen) atoms. The number of alkyl carbamates (subject to hydrolysis) is 1. The average Bonchev–Trinajstić information content (AvgIpc) is 3.08. The highest BCUT2D eigenvalue weighted by molar-refractivity contribution is 5.86. The summed E-state index contributed by atoms with van der Waals surface area (Å²) in [7, 11) is 0. The van der Waals surface area contributed by atoms with Crippen molar-refractivity contribution in [3.8, 4) is 17.7 Å². The lowest BCUT2D eigenvalue weighted by Gasteiger charge is -2.22. The standard InChI is InChI=1S/C22H22N4O5/c1-22(2,3)31-21(29)26-18(20(27)28)9-14-12-25-17-7-6-15(10-16(14)17)30-19-13(11-23)5-4-8-24-19/h4-8,10,12,18,25H,9H2,1-3H3,(H,26,29)(H,27,28). The second-order valence-electron chi connectivity index (χ2n) is 7.83. The molecule has 3 N–H and O–H groups in total. The number of nitrogens with zero attached hydrogens (tertiary/aromatic N) is 2. The lowest BCUT2D eigenvalue weighted by atomic mass is 10.0. The molecule has 0 fully saturated rings. The maximum atomic E-state index is 12.0. The SMILES string of the molecule is CC(C)(C)OC(=O)NC(Cc1c[nH]c2ccc(Oc3ncccc3C#N)cc12)C(=O)O. The van der Waals surface area contributed by atoms with Crippen molar-refractivity contribution >= 4 is 23.0 Å². The van der Waals surface area contributed by atoms with Crippen molar-refractivity contribution in [2.75, 3.05) is 0 Å². The molecular weight excluding hydrogens is 400 g/mol. The first-order chi connectivity index (χ1) is 14.7. The van der Waals surface area contributed by atoms with E-state index in [0.29, 0.717) is 16.9 Å². The monoisotopic (exact) mass is 422 g/mol. The molecule has 0 bridgehead atoms. The zero-order valence-corrected chi connectivity index (χ0v) is 17.3. The summed E-state index contributed by atoms with van der Waals surface area (Å²) in [5.41, 5.74) is 0.994. The number of H-pyrrole nitrogens is 1. The van der Waals surface area contributed by atoms with Crippen LogP contribution < -0.4 is 10.1 Å². The topological polar surface area (TPSA) is 137 Å². The van der Waals surface area contributed by atoms with Gasteiger partial charge in [-0.1, -0.05) is 0 Å². The predicted octanol–water partition coefficient (Wildman–Crippen LogP) is 3.75. The fourth-order valence-corrected chi connectivity index (χ4v) is 2.93. The number of nitriles is 1. The highest BCUT2D eigenvalue weighted by Crippen LogP contribution is 2.28. The van der Waals surface area contributed by atoms with Gasteiger partial charge in [-0.3, -0.25) is 0 Å².